The minimum absolute atomic E-state index is 0.0720. The van der Waals surface area contributed by atoms with Gasteiger partial charge in [0.1, 0.15) is 6.04 Å². The van der Waals surface area contributed by atoms with Crippen LogP contribution in [0.3, 0.4) is 0 Å². The van der Waals surface area contributed by atoms with E-state index < -0.39 is 0 Å². The molecule has 102 valence electrons. The molecule has 3 rings (SSSR count). The Bertz CT molecular complexity index is 445. The maximum absolute atomic E-state index is 12.5. The van der Waals surface area contributed by atoms with Gasteiger partial charge in [-0.15, -0.1) is 0 Å². The Morgan fingerprint density at radius 2 is 2.00 bits per heavy atom. The number of β-amino-alcohol motifs (C(OH)–C–C–N with tert-alkyl or cyclic N) is 1. The van der Waals surface area contributed by atoms with E-state index in [2.05, 4.69) is 10.2 Å². The van der Waals surface area contributed by atoms with Crippen molar-refractivity contribution in [3.63, 3.8) is 0 Å². The second-order valence-electron chi connectivity index (χ2n) is 5.53. The zero-order chi connectivity index (χ0) is 13.2. The average Bonchev–Trinajstić information content (AvgIpc) is 3.12. The molecule has 1 aromatic rings. The third-order valence-electron chi connectivity index (χ3n) is 3.85. The molecule has 0 radical (unpaired) electrons. The summed E-state index contributed by atoms with van der Waals surface area (Å²) in [5.74, 6) is 0.0720. The van der Waals surface area contributed by atoms with Crippen molar-refractivity contribution >= 4 is 5.91 Å². The number of amides is 1. The Balaban J connectivity index is 1.80. The number of aliphatic hydroxyl groups is 1. The van der Waals surface area contributed by atoms with Crippen molar-refractivity contribution < 1.29 is 9.90 Å². The first-order chi connectivity index (χ1) is 9.24. The van der Waals surface area contributed by atoms with Gasteiger partial charge in [0.15, 0.2) is 0 Å². The number of aliphatic hydroxyl groups excluding tert-OH is 1. The van der Waals surface area contributed by atoms with Gasteiger partial charge >= 0.3 is 0 Å². The second kappa shape index (κ2) is 5.31. The van der Waals surface area contributed by atoms with Gasteiger partial charge in [-0.25, -0.2) is 0 Å². The summed E-state index contributed by atoms with van der Waals surface area (Å²) in [7, 11) is 0. The van der Waals surface area contributed by atoms with E-state index in [9.17, 15) is 9.90 Å². The summed E-state index contributed by atoms with van der Waals surface area (Å²) < 4.78 is 0. The molecule has 2 N–H and O–H groups in total. The first-order valence-corrected chi connectivity index (χ1v) is 7.01. The SMILES string of the molecule is O=C(NC1CC1)C(c1ccccc1)N1CC[C@H](O)C1. The number of hydrogen-bond donors (Lipinski definition) is 2. The molecule has 1 heterocycles. The number of benzene rings is 1. The van der Waals surface area contributed by atoms with E-state index in [1.165, 1.54) is 0 Å². The van der Waals surface area contributed by atoms with Gasteiger partial charge in [0, 0.05) is 19.1 Å². The highest BCUT2D eigenvalue weighted by atomic mass is 16.3. The van der Waals surface area contributed by atoms with E-state index in [0.29, 0.717) is 12.6 Å². The summed E-state index contributed by atoms with van der Waals surface area (Å²) >= 11 is 0. The summed E-state index contributed by atoms with van der Waals surface area (Å²) in [6.45, 7) is 1.36. The smallest absolute Gasteiger partial charge is 0.242 e. The zero-order valence-corrected chi connectivity index (χ0v) is 11.0. The van der Waals surface area contributed by atoms with Crippen LogP contribution in [0.25, 0.3) is 0 Å². The molecule has 0 aromatic heterocycles. The monoisotopic (exact) mass is 260 g/mol. The van der Waals surface area contributed by atoms with Crippen molar-refractivity contribution in [3.8, 4) is 0 Å². The van der Waals surface area contributed by atoms with Crippen molar-refractivity contribution in [2.24, 2.45) is 0 Å². The molecule has 2 aliphatic rings. The Hall–Kier alpha value is -1.39. The van der Waals surface area contributed by atoms with E-state index in [-0.39, 0.29) is 18.1 Å². The standard InChI is InChI=1S/C15H20N2O2/c18-13-8-9-17(10-13)14(11-4-2-1-3-5-11)15(19)16-12-6-7-12/h1-5,12-14,18H,6-10H2,(H,16,19)/t13-,14?/m0/s1. The summed E-state index contributed by atoms with van der Waals surface area (Å²) in [6.07, 6.45) is 2.63. The quantitative estimate of drug-likeness (QED) is 0.851. The summed E-state index contributed by atoms with van der Waals surface area (Å²) in [5.41, 5.74) is 1.01. The van der Waals surface area contributed by atoms with Crippen LogP contribution in [0.4, 0.5) is 0 Å². The summed E-state index contributed by atoms with van der Waals surface area (Å²) in [5, 5.41) is 12.8. The predicted molar refractivity (Wildman–Crippen MR) is 72.5 cm³/mol. The maximum atomic E-state index is 12.5. The highest BCUT2D eigenvalue weighted by Gasteiger charge is 2.35. The summed E-state index contributed by atoms with van der Waals surface area (Å²) in [6, 6.07) is 9.95. The number of carbonyl (C=O) groups is 1. The predicted octanol–water partition coefficient (Wildman–Crippen LogP) is 1.07. The molecule has 1 unspecified atom stereocenters. The van der Waals surface area contributed by atoms with Crippen LogP contribution >= 0.6 is 0 Å². The number of carbonyl (C=O) groups excluding carboxylic acids is 1. The molecule has 4 heteroatoms. The molecule has 1 aromatic carbocycles. The van der Waals surface area contributed by atoms with Crippen LogP contribution in [0.5, 0.6) is 0 Å². The average molecular weight is 260 g/mol. The fourth-order valence-electron chi connectivity index (χ4n) is 2.67. The van der Waals surface area contributed by atoms with Gasteiger partial charge in [0.05, 0.1) is 6.10 Å². The third-order valence-corrected chi connectivity index (χ3v) is 3.85. The van der Waals surface area contributed by atoms with Gasteiger partial charge in [-0.3, -0.25) is 9.69 Å². The molecule has 19 heavy (non-hydrogen) atoms. The molecule has 1 saturated heterocycles. The molecule has 2 fully saturated rings. The van der Waals surface area contributed by atoms with Gasteiger partial charge in [0.2, 0.25) is 5.91 Å². The summed E-state index contributed by atoms with van der Waals surface area (Å²) in [4.78, 5) is 14.5. The largest absolute Gasteiger partial charge is 0.392 e. The third kappa shape index (κ3) is 2.96. The van der Waals surface area contributed by atoms with Crippen molar-refractivity contribution in [2.45, 2.75) is 37.5 Å². The Labute approximate surface area is 113 Å². The van der Waals surface area contributed by atoms with Crippen LogP contribution < -0.4 is 5.32 Å². The minimum Gasteiger partial charge on any atom is -0.392 e. The number of hydrogen-bond acceptors (Lipinski definition) is 3. The fourth-order valence-corrected chi connectivity index (χ4v) is 2.67. The highest BCUT2D eigenvalue weighted by molar-refractivity contribution is 5.83. The number of rotatable bonds is 4. The van der Waals surface area contributed by atoms with Crippen molar-refractivity contribution in [1.29, 1.82) is 0 Å². The van der Waals surface area contributed by atoms with E-state index in [4.69, 9.17) is 0 Å². The Morgan fingerprint density at radius 3 is 2.58 bits per heavy atom. The van der Waals surface area contributed by atoms with Crippen molar-refractivity contribution in [3.05, 3.63) is 35.9 Å². The first-order valence-electron chi connectivity index (χ1n) is 7.01. The van der Waals surface area contributed by atoms with Gasteiger partial charge < -0.3 is 10.4 Å². The van der Waals surface area contributed by atoms with Crippen LogP contribution in [0.15, 0.2) is 30.3 Å². The highest BCUT2D eigenvalue weighted by Crippen LogP contribution is 2.27. The van der Waals surface area contributed by atoms with Crippen LogP contribution in [0, 0.1) is 0 Å². The molecule has 1 aliphatic carbocycles. The van der Waals surface area contributed by atoms with Gasteiger partial charge in [-0.1, -0.05) is 30.3 Å². The van der Waals surface area contributed by atoms with E-state index >= 15 is 0 Å². The molecule has 4 nitrogen and oxygen atoms in total. The van der Waals surface area contributed by atoms with Crippen molar-refractivity contribution in [1.82, 2.24) is 10.2 Å². The molecule has 0 bridgehead atoms. The molecular weight excluding hydrogens is 240 g/mol. The Morgan fingerprint density at radius 1 is 1.26 bits per heavy atom. The second-order valence-corrected chi connectivity index (χ2v) is 5.53. The first kappa shape index (κ1) is 12.6. The van der Waals surface area contributed by atoms with Crippen LogP contribution in [-0.2, 0) is 4.79 Å². The maximum Gasteiger partial charge on any atom is 0.242 e. The molecule has 0 spiro atoms. The van der Waals surface area contributed by atoms with Crippen LogP contribution in [0.2, 0.25) is 0 Å². The molecular formula is C15H20N2O2. The zero-order valence-electron chi connectivity index (χ0n) is 11.0. The topological polar surface area (TPSA) is 52.6 Å². The number of nitrogens with one attached hydrogen (secondary N) is 1. The lowest BCUT2D eigenvalue weighted by Gasteiger charge is -2.27. The van der Waals surface area contributed by atoms with Crippen molar-refractivity contribution in [2.75, 3.05) is 13.1 Å². The molecule has 1 amide bonds. The fraction of sp³-hybridized carbons (Fsp3) is 0.533. The number of nitrogens with zero attached hydrogens (tertiary/aromatic N) is 1. The van der Waals surface area contributed by atoms with E-state index in [1.54, 1.807) is 0 Å². The molecule has 1 saturated carbocycles. The van der Waals surface area contributed by atoms with Gasteiger partial charge in [-0.05, 0) is 24.8 Å². The lowest BCUT2D eigenvalue weighted by atomic mass is 10.0. The van der Waals surface area contributed by atoms with Gasteiger partial charge in [-0.2, -0.15) is 0 Å². The molecule has 1 aliphatic heterocycles. The van der Waals surface area contributed by atoms with E-state index in [0.717, 1.165) is 31.4 Å². The van der Waals surface area contributed by atoms with Crippen LogP contribution in [-0.4, -0.2) is 41.1 Å². The van der Waals surface area contributed by atoms with Crippen LogP contribution in [0.1, 0.15) is 30.9 Å². The normalized spacial score (nSPS) is 25.2. The Kier molecular flexibility index (Phi) is 3.53. The number of likely N-dealkylation sites (tertiary alicyclic amines) is 1. The lowest BCUT2D eigenvalue weighted by Crippen LogP contribution is -2.40. The lowest BCUT2D eigenvalue weighted by molar-refractivity contribution is -0.126. The molecule has 2 atom stereocenters. The minimum atomic E-state index is -0.306. The van der Waals surface area contributed by atoms with Gasteiger partial charge in [0.25, 0.3) is 0 Å². The van der Waals surface area contributed by atoms with E-state index in [1.807, 2.05) is 30.3 Å².